The van der Waals surface area contributed by atoms with E-state index in [4.69, 9.17) is 9.47 Å². The Labute approximate surface area is 191 Å². The second kappa shape index (κ2) is 10.1. The lowest BCUT2D eigenvalue weighted by Gasteiger charge is -2.29. The SMILES string of the molecule is COc1ccc(C(O)=C2C(=O)C(=O)N(CCCN3CCOCC3)C2c2ccncc2)cc1F. The Morgan fingerprint density at radius 2 is 1.91 bits per heavy atom. The number of halogens is 1. The van der Waals surface area contributed by atoms with Crippen molar-refractivity contribution in [1.29, 1.82) is 0 Å². The maximum atomic E-state index is 14.3. The number of rotatable bonds is 7. The highest BCUT2D eigenvalue weighted by Crippen LogP contribution is 2.39. The summed E-state index contributed by atoms with van der Waals surface area (Å²) >= 11 is 0. The third-order valence-corrected chi connectivity index (χ3v) is 5.96. The minimum absolute atomic E-state index is 0.0146. The molecule has 1 unspecified atom stereocenters. The van der Waals surface area contributed by atoms with Crippen LogP contribution < -0.4 is 4.74 Å². The van der Waals surface area contributed by atoms with Gasteiger partial charge in [0, 0.05) is 44.1 Å². The summed E-state index contributed by atoms with van der Waals surface area (Å²) in [5.41, 5.74) is 0.673. The van der Waals surface area contributed by atoms with Gasteiger partial charge in [-0.25, -0.2) is 4.39 Å². The predicted octanol–water partition coefficient (Wildman–Crippen LogP) is 2.37. The fourth-order valence-electron chi connectivity index (χ4n) is 4.26. The Morgan fingerprint density at radius 1 is 1.18 bits per heavy atom. The number of morpholine rings is 1. The Kier molecular flexibility index (Phi) is 7.00. The van der Waals surface area contributed by atoms with Crippen LogP contribution in [-0.4, -0.2) is 78.1 Å². The zero-order chi connectivity index (χ0) is 23.4. The van der Waals surface area contributed by atoms with Crippen molar-refractivity contribution in [1.82, 2.24) is 14.8 Å². The van der Waals surface area contributed by atoms with Crippen LogP contribution in [0.3, 0.4) is 0 Å². The van der Waals surface area contributed by atoms with Crippen molar-refractivity contribution in [2.24, 2.45) is 0 Å². The van der Waals surface area contributed by atoms with E-state index in [2.05, 4.69) is 9.88 Å². The molecule has 1 N–H and O–H groups in total. The van der Waals surface area contributed by atoms with Gasteiger partial charge in [-0.15, -0.1) is 0 Å². The number of aliphatic hydroxyl groups is 1. The topological polar surface area (TPSA) is 92.2 Å². The van der Waals surface area contributed by atoms with E-state index in [9.17, 15) is 19.1 Å². The van der Waals surface area contributed by atoms with Crippen LogP contribution in [0.1, 0.15) is 23.6 Å². The maximum absolute atomic E-state index is 14.3. The molecule has 0 spiro atoms. The van der Waals surface area contributed by atoms with Gasteiger partial charge in [0.05, 0.1) is 31.9 Å². The van der Waals surface area contributed by atoms with Gasteiger partial charge in [0.2, 0.25) is 0 Å². The molecule has 0 aliphatic carbocycles. The van der Waals surface area contributed by atoms with Gasteiger partial charge in [0.1, 0.15) is 5.76 Å². The number of amides is 1. The number of carbonyl (C=O) groups is 2. The van der Waals surface area contributed by atoms with Crippen LogP contribution in [0, 0.1) is 5.82 Å². The molecule has 2 fully saturated rings. The number of nitrogens with zero attached hydrogens (tertiary/aromatic N) is 3. The maximum Gasteiger partial charge on any atom is 0.295 e. The molecular formula is C24H26FN3O5. The smallest absolute Gasteiger partial charge is 0.295 e. The van der Waals surface area contributed by atoms with E-state index in [1.54, 1.807) is 24.5 Å². The summed E-state index contributed by atoms with van der Waals surface area (Å²) in [5, 5.41) is 11.0. The van der Waals surface area contributed by atoms with Crippen LogP contribution >= 0.6 is 0 Å². The number of ketones is 1. The Balaban J connectivity index is 1.66. The van der Waals surface area contributed by atoms with Crippen LogP contribution in [0.4, 0.5) is 4.39 Å². The first kappa shape index (κ1) is 22.9. The molecule has 2 aliphatic heterocycles. The summed E-state index contributed by atoms with van der Waals surface area (Å²) in [6.45, 7) is 4.12. The van der Waals surface area contributed by atoms with Crippen molar-refractivity contribution >= 4 is 17.4 Å². The summed E-state index contributed by atoms with van der Waals surface area (Å²) < 4.78 is 24.6. The number of Topliss-reactive ketones (excluding diaryl/α,β-unsaturated/α-hetero) is 1. The van der Waals surface area contributed by atoms with Gasteiger partial charge in [-0.05, 0) is 42.3 Å². The van der Waals surface area contributed by atoms with Crippen molar-refractivity contribution in [2.45, 2.75) is 12.5 Å². The Morgan fingerprint density at radius 3 is 2.58 bits per heavy atom. The largest absolute Gasteiger partial charge is 0.507 e. The zero-order valence-corrected chi connectivity index (χ0v) is 18.4. The Bertz CT molecular complexity index is 1050. The van der Waals surface area contributed by atoms with Crippen molar-refractivity contribution in [2.75, 3.05) is 46.5 Å². The van der Waals surface area contributed by atoms with Crippen LogP contribution in [0.2, 0.25) is 0 Å². The van der Waals surface area contributed by atoms with Gasteiger partial charge in [-0.3, -0.25) is 19.5 Å². The van der Waals surface area contributed by atoms with Crippen molar-refractivity contribution in [3.8, 4) is 5.75 Å². The number of carbonyl (C=O) groups excluding carboxylic acids is 2. The van der Waals surface area contributed by atoms with Crippen molar-refractivity contribution < 1.29 is 28.6 Å². The van der Waals surface area contributed by atoms with E-state index in [1.807, 2.05) is 0 Å². The molecule has 0 bridgehead atoms. The fourth-order valence-corrected chi connectivity index (χ4v) is 4.26. The fraction of sp³-hybridized carbons (Fsp3) is 0.375. The number of hydrogen-bond donors (Lipinski definition) is 1. The van der Waals surface area contributed by atoms with Crippen LogP contribution in [0.15, 0.2) is 48.3 Å². The molecule has 2 saturated heterocycles. The molecule has 0 saturated carbocycles. The predicted molar refractivity (Wildman–Crippen MR) is 118 cm³/mol. The lowest BCUT2D eigenvalue weighted by Crippen LogP contribution is -2.38. The van der Waals surface area contributed by atoms with E-state index in [-0.39, 0.29) is 16.9 Å². The number of aromatic nitrogens is 1. The number of aliphatic hydroxyl groups excluding tert-OH is 1. The molecule has 2 aromatic rings. The molecule has 9 heteroatoms. The number of benzene rings is 1. The van der Waals surface area contributed by atoms with Gasteiger partial charge in [-0.1, -0.05) is 0 Å². The highest BCUT2D eigenvalue weighted by atomic mass is 19.1. The number of hydrogen-bond acceptors (Lipinski definition) is 7. The van der Waals surface area contributed by atoms with Gasteiger partial charge >= 0.3 is 0 Å². The second-order valence-electron chi connectivity index (χ2n) is 7.93. The molecule has 1 amide bonds. The molecule has 4 rings (SSSR count). The first-order valence-corrected chi connectivity index (χ1v) is 10.8. The average molecular weight is 455 g/mol. The summed E-state index contributed by atoms with van der Waals surface area (Å²) in [6, 6.07) is 6.52. The molecule has 1 aromatic heterocycles. The normalized spacial score (nSPS) is 20.9. The molecule has 3 heterocycles. The highest BCUT2D eigenvalue weighted by Gasteiger charge is 2.45. The summed E-state index contributed by atoms with van der Waals surface area (Å²) in [5.74, 6) is -2.57. The van der Waals surface area contributed by atoms with E-state index >= 15 is 0 Å². The number of ether oxygens (including phenoxy) is 2. The Hall–Kier alpha value is -3.30. The quantitative estimate of drug-likeness (QED) is 0.389. The first-order chi connectivity index (χ1) is 16.0. The molecule has 174 valence electrons. The highest BCUT2D eigenvalue weighted by molar-refractivity contribution is 6.46. The third-order valence-electron chi connectivity index (χ3n) is 5.96. The van der Waals surface area contributed by atoms with Gasteiger partial charge in [0.25, 0.3) is 11.7 Å². The standard InChI is InChI=1S/C24H26FN3O5/c1-32-19-4-3-17(15-18(19)25)22(29)20-21(16-5-7-26-8-6-16)28(24(31)23(20)30)10-2-9-27-11-13-33-14-12-27/h3-8,15,21,29H,2,9-14H2,1H3. The minimum atomic E-state index is -0.795. The van der Waals surface area contributed by atoms with E-state index in [1.165, 1.54) is 24.1 Å². The molecule has 33 heavy (non-hydrogen) atoms. The molecule has 1 aromatic carbocycles. The lowest BCUT2D eigenvalue weighted by molar-refractivity contribution is -0.140. The van der Waals surface area contributed by atoms with Gasteiger partial charge < -0.3 is 19.5 Å². The van der Waals surface area contributed by atoms with E-state index in [0.717, 1.165) is 25.7 Å². The first-order valence-electron chi connectivity index (χ1n) is 10.8. The van der Waals surface area contributed by atoms with Crippen LogP contribution in [0.25, 0.3) is 5.76 Å². The molecule has 0 radical (unpaired) electrons. The summed E-state index contributed by atoms with van der Waals surface area (Å²) in [6.07, 6.45) is 3.79. The minimum Gasteiger partial charge on any atom is -0.507 e. The summed E-state index contributed by atoms with van der Waals surface area (Å²) in [4.78, 5) is 33.7. The molecule has 2 aliphatic rings. The van der Waals surface area contributed by atoms with E-state index in [0.29, 0.717) is 31.7 Å². The second-order valence-corrected chi connectivity index (χ2v) is 7.93. The number of likely N-dealkylation sites (tertiary alicyclic amines) is 1. The molecule has 1 atom stereocenters. The lowest BCUT2D eigenvalue weighted by atomic mass is 9.96. The average Bonchev–Trinajstić information content (AvgIpc) is 3.10. The van der Waals surface area contributed by atoms with Crippen LogP contribution in [-0.2, 0) is 14.3 Å². The van der Waals surface area contributed by atoms with Crippen molar-refractivity contribution in [3.63, 3.8) is 0 Å². The number of methoxy groups -OCH3 is 1. The third kappa shape index (κ3) is 4.74. The zero-order valence-electron chi connectivity index (χ0n) is 18.4. The van der Waals surface area contributed by atoms with Gasteiger partial charge in [0.15, 0.2) is 11.6 Å². The monoisotopic (exact) mass is 455 g/mol. The molecular weight excluding hydrogens is 429 g/mol. The van der Waals surface area contributed by atoms with Crippen molar-refractivity contribution in [3.05, 3.63) is 65.2 Å². The van der Waals surface area contributed by atoms with Gasteiger partial charge in [-0.2, -0.15) is 0 Å². The van der Waals surface area contributed by atoms with Crippen LogP contribution in [0.5, 0.6) is 5.75 Å². The number of pyridine rings is 1. The van der Waals surface area contributed by atoms with E-state index < -0.39 is 29.3 Å². The molecule has 8 nitrogen and oxygen atoms in total. The summed E-state index contributed by atoms with van der Waals surface area (Å²) in [7, 11) is 1.34.